The number of nitrogens with zero attached hydrogens (tertiary/aromatic N) is 4. The maximum Gasteiger partial charge on any atom is 0.407 e. The summed E-state index contributed by atoms with van der Waals surface area (Å²) in [5.74, 6) is -1.74. The highest BCUT2D eigenvalue weighted by Crippen LogP contribution is 2.58. The summed E-state index contributed by atoms with van der Waals surface area (Å²) in [6.07, 6.45) is 7.10. The van der Waals surface area contributed by atoms with E-state index in [1.807, 2.05) is 30.3 Å². The van der Waals surface area contributed by atoms with Crippen LogP contribution >= 0.6 is 0 Å². The number of rotatable bonds is 6. The number of nitrogens with one attached hydrogen (secondary N) is 3. The van der Waals surface area contributed by atoms with Gasteiger partial charge in [0.15, 0.2) is 0 Å². The number of benzene rings is 3. The van der Waals surface area contributed by atoms with E-state index < -0.39 is 17.7 Å². The predicted molar refractivity (Wildman–Crippen MR) is 193 cm³/mol. The van der Waals surface area contributed by atoms with Crippen LogP contribution in [0.4, 0.5) is 13.6 Å². The van der Waals surface area contributed by atoms with E-state index in [-0.39, 0.29) is 35.0 Å². The third-order valence-electron chi connectivity index (χ3n) is 12.9. The minimum Gasteiger partial charge on any atom is -0.453 e. The van der Waals surface area contributed by atoms with Crippen LogP contribution in [0.15, 0.2) is 60.8 Å². The molecule has 4 heterocycles. The number of carbonyl (C=O) groups is 2. The number of amides is 2. The Balaban J connectivity index is 0.917. The first-order valence-corrected chi connectivity index (χ1v) is 18.3. The molecule has 3 aliphatic carbocycles. The monoisotopic (exact) mass is 718 g/mol. The summed E-state index contributed by atoms with van der Waals surface area (Å²) >= 11 is 0. The molecule has 5 aliphatic rings. The largest absolute Gasteiger partial charge is 0.453 e. The van der Waals surface area contributed by atoms with Gasteiger partial charge in [0, 0.05) is 29.3 Å². The van der Waals surface area contributed by atoms with Crippen molar-refractivity contribution < 1.29 is 23.1 Å². The molecular weight excluding hydrogens is 678 g/mol. The fourth-order valence-electron chi connectivity index (χ4n) is 9.68. The molecule has 2 amide bonds. The third kappa shape index (κ3) is 4.82. The van der Waals surface area contributed by atoms with Crippen LogP contribution < -0.4 is 11.1 Å². The van der Waals surface area contributed by atoms with Gasteiger partial charge in [-0.1, -0.05) is 30.3 Å². The molecule has 4 fully saturated rings. The number of hydrogen-bond acceptors (Lipinski definition) is 7. The Morgan fingerprint density at radius 1 is 1.00 bits per heavy atom. The first-order chi connectivity index (χ1) is 25.5. The quantitative estimate of drug-likeness (QED) is 0.160. The molecule has 2 aromatic heterocycles. The zero-order chi connectivity index (χ0) is 36.4. The van der Waals surface area contributed by atoms with E-state index in [1.54, 1.807) is 35.4 Å². The van der Waals surface area contributed by atoms with Crippen molar-refractivity contribution in [2.75, 3.05) is 27.2 Å². The molecule has 5 aromatic rings. The smallest absolute Gasteiger partial charge is 0.407 e. The van der Waals surface area contributed by atoms with Crippen molar-refractivity contribution in [2.24, 2.45) is 17.1 Å². The van der Waals surface area contributed by atoms with Crippen molar-refractivity contribution >= 4 is 23.0 Å². The van der Waals surface area contributed by atoms with E-state index in [0.717, 1.165) is 60.9 Å². The Morgan fingerprint density at radius 3 is 2.43 bits per heavy atom. The summed E-state index contributed by atoms with van der Waals surface area (Å²) in [7, 11) is 3.33. The number of alkyl halides is 2. The highest BCUT2D eigenvalue weighted by atomic mass is 19.3. The normalized spacial score (nSPS) is 26.0. The predicted octanol–water partition coefficient (Wildman–Crippen LogP) is 6.38. The average molecular weight is 719 g/mol. The fourth-order valence-corrected chi connectivity index (χ4v) is 9.68. The number of nitrogens with two attached hydrogens (primary N) is 1. The molecule has 4 unspecified atom stereocenters. The van der Waals surface area contributed by atoms with Crippen molar-refractivity contribution in [1.82, 2.24) is 35.1 Å². The van der Waals surface area contributed by atoms with Crippen LogP contribution in [0, 0.1) is 11.3 Å². The number of ether oxygens (including phenoxy) is 1. The lowest BCUT2D eigenvalue weighted by molar-refractivity contribution is -0.131. The minimum atomic E-state index is -3.22. The number of alkyl carbamates (subject to hydrolysis) is 1. The average Bonchev–Trinajstić information content (AvgIpc) is 3.79. The van der Waals surface area contributed by atoms with Gasteiger partial charge in [0.25, 0.3) is 5.92 Å². The molecule has 11 nitrogen and oxygen atoms in total. The topological polar surface area (TPSA) is 145 Å². The lowest BCUT2D eigenvalue weighted by Crippen LogP contribution is -2.55. The molecule has 2 aliphatic heterocycles. The van der Waals surface area contributed by atoms with Crippen molar-refractivity contribution in [3.63, 3.8) is 0 Å². The summed E-state index contributed by atoms with van der Waals surface area (Å²) in [6.45, 7) is 0.408. The molecule has 13 heteroatoms. The highest BCUT2D eigenvalue weighted by Gasteiger charge is 2.56. The molecule has 3 aromatic carbocycles. The summed E-state index contributed by atoms with van der Waals surface area (Å²) in [5, 5.41) is 2.47. The van der Waals surface area contributed by atoms with Crippen LogP contribution in [-0.2, 0) is 21.1 Å². The van der Waals surface area contributed by atoms with Crippen molar-refractivity contribution in [2.45, 2.75) is 62.2 Å². The molecule has 4 atom stereocenters. The van der Waals surface area contributed by atoms with Gasteiger partial charge < -0.3 is 30.7 Å². The van der Waals surface area contributed by atoms with Gasteiger partial charge in [-0.25, -0.2) is 14.8 Å². The summed E-state index contributed by atoms with van der Waals surface area (Å²) in [6, 6.07) is 16.4. The third-order valence-corrected chi connectivity index (χ3v) is 12.9. The molecule has 1 spiro atoms. The van der Waals surface area contributed by atoms with E-state index in [9.17, 15) is 9.59 Å². The SMILES string of the molecule is COC(=O)NCC(=O)N1CC2(CC2)CC1c1ncc(-c2ccc3c(c2)C(F)(F)c2cc(-c4ccc5nc(C6(N)C7CCC(C7)N6C)[nH]c5c4)ccc2-3)[nH]1. The second kappa shape index (κ2) is 11.2. The number of likely N-dealkylation sites (tertiary alicyclic amines) is 2. The van der Waals surface area contributed by atoms with Gasteiger partial charge in [0.1, 0.15) is 23.9 Å². The zero-order valence-corrected chi connectivity index (χ0v) is 29.5. The molecule has 272 valence electrons. The van der Waals surface area contributed by atoms with Crippen molar-refractivity contribution in [3.8, 4) is 33.5 Å². The Kier molecular flexibility index (Phi) is 6.86. The second-order valence-corrected chi connectivity index (χ2v) is 15.8. The summed E-state index contributed by atoms with van der Waals surface area (Å²) in [4.78, 5) is 45.1. The summed E-state index contributed by atoms with van der Waals surface area (Å²) < 4.78 is 37.4. The van der Waals surface area contributed by atoms with E-state index in [2.05, 4.69) is 37.0 Å². The Morgan fingerprint density at radius 2 is 1.72 bits per heavy atom. The van der Waals surface area contributed by atoms with Gasteiger partial charge >= 0.3 is 6.09 Å². The zero-order valence-electron chi connectivity index (χ0n) is 29.5. The summed E-state index contributed by atoms with van der Waals surface area (Å²) in [5.41, 5.74) is 11.6. The Labute approximate surface area is 304 Å². The fraction of sp³-hybridized carbons (Fsp3) is 0.400. The lowest BCUT2D eigenvalue weighted by atomic mass is 9.91. The molecule has 2 saturated heterocycles. The van der Waals surface area contributed by atoms with Gasteiger partial charge in [-0.2, -0.15) is 8.78 Å². The number of halogens is 2. The number of piperidine rings is 1. The van der Waals surface area contributed by atoms with Crippen LogP contribution in [0.25, 0.3) is 44.5 Å². The maximum absolute atomic E-state index is 16.4. The number of fused-ring (bicyclic) bond motifs is 6. The number of imidazole rings is 2. The molecular formula is C40H40F2N8O3. The number of hydrogen-bond donors (Lipinski definition) is 4. The molecule has 53 heavy (non-hydrogen) atoms. The van der Waals surface area contributed by atoms with Crippen molar-refractivity contribution in [3.05, 3.63) is 83.6 Å². The Hall–Kier alpha value is -5.14. The molecule has 5 N–H and O–H groups in total. The van der Waals surface area contributed by atoms with Crippen LogP contribution in [-0.4, -0.2) is 75.0 Å². The van der Waals surface area contributed by atoms with Crippen LogP contribution in [0.3, 0.4) is 0 Å². The van der Waals surface area contributed by atoms with E-state index in [4.69, 9.17) is 10.7 Å². The molecule has 0 radical (unpaired) electrons. The van der Waals surface area contributed by atoms with Gasteiger partial charge in [0.2, 0.25) is 5.91 Å². The van der Waals surface area contributed by atoms with Gasteiger partial charge in [-0.15, -0.1) is 0 Å². The van der Waals surface area contributed by atoms with Crippen molar-refractivity contribution in [1.29, 1.82) is 0 Å². The number of H-pyrrole nitrogens is 2. The number of carbonyl (C=O) groups excluding carboxylic acids is 2. The lowest BCUT2D eigenvalue weighted by Gasteiger charge is -2.40. The van der Waals surface area contributed by atoms with Crippen LogP contribution in [0.1, 0.15) is 67.3 Å². The molecule has 10 rings (SSSR count). The standard InChI is InChI=1S/C40H40F2N8O3/c1-49-25-7-6-24(16-25)40(49,43)36-47-30-10-5-22(15-31(30)48-36)21-3-8-26-27-9-4-23(14-29(27)39(41,42)28(26)13-21)32-18-44-35(46-32)33-17-38(11-12-38)20-50(33)34(51)19-45-37(52)53-2/h3-5,8-10,13-15,18,24-25,33H,6-7,11-12,16-17,19-20,43H2,1-2H3,(H,44,46)(H,45,52)(H,47,48). The molecule has 2 bridgehead atoms. The maximum atomic E-state index is 16.4. The van der Waals surface area contributed by atoms with E-state index in [1.165, 1.54) is 7.11 Å². The van der Waals surface area contributed by atoms with Gasteiger partial charge in [-0.3, -0.25) is 9.69 Å². The first-order valence-electron chi connectivity index (χ1n) is 18.3. The van der Waals surface area contributed by atoms with Gasteiger partial charge in [-0.05, 0) is 103 Å². The number of aromatic amines is 2. The second-order valence-electron chi connectivity index (χ2n) is 15.8. The molecule has 2 saturated carbocycles. The Bertz CT molecular complexity index is 2340. The minimum absolute atomic E-state index is 0.0298. The number of aromatic nitrogens is 4. The van der Waals surface area contributed by atoms with Gasteiger partial charge in [0.05, 0.1) is 36.1 Å². The van der Waals surface area contributed by atoms with Crippen LogP contribution in [0.5, 0.6) is 0 Å². The highest BCUT2D eigenvalue weighted by molar-refractivity contribution is 5.87. The van der Waals surface area contributed by atoms with E-state index in [0.29, 0.717) is 52.3 Å². The first kappa shape index (κ1) is 32.5. The van der Waals surface area contributed by atoms with E-state index >= 15 is 8.78 Å². The van der Waals surface area contributed by atoms with Crippen LogP contribution in [0.2, 0.25) is 0 Å². The number of methoxy groups -OCH3 is 1.